The van der Waals surface area contributed by atoms with Gasteiger partial charge in [0.15, 0.2) is 10.7 Å². The molecule has 45 heavy (non-hydrogen) atoms. The summed E-state index contributed by atoms with van der Waals surface area (Å²) < 4.78 is 66.2. The van der Waals surface area contributed by atoms with E-state index in [1.165, 1.54) is 16.6 Å². The molecule has 5 heterocycles. The number of hydrogen-bond acceptors (Lipinski definition) is 7. The first kappa shape index (κ1) is 30.3. The number of nitrogens with zero attached hydrogens (tertiary/aromatic N) is 6. The number of allylic oxidation sites excluding steroid dienone is 6. The fraction of sp³-hybridized carbons (Fsp3) is 0.310. The molecule has 2 aliphatic heterocycles. The van der Waals surface area contributed by atoms with E-state index in [2.05, 4.69) is 37.1 Å². The largest absolute Gasteiger partial charge is 0.405 e. The number of hydrogen-bond donors (Lipinski definition) is 3. The summed E-state index contributed by atoms with van der Waals surface area (Å²) in [5.74, 6) is -0.305. The molecular weight excluding hydrogens is 611 g/mol. The molecule has 3 aliphatic rings. The zero-order valence-corrected chi connectivity index (χ0v) is 24.7. The number of nitrogens with one attached hydrogen (secondary N) is 3. The summed E-state index contributed by atoms with van der Waals surface area (Å²) in [6.45, 7) is 3.50. The molecule has 6 rings (SSSR count). The first-order valence-corrected chi connectivity index (χ1v) is 15.6. The lowest BCUT2D eigenvalue weighted by Crippen LogP contribution is -2.45. The summed E-state index contributed by atoms with van der Waals surface area (Å²) >= 11 is 0. The molecule has 12 nitrogen and oxygen atoms in total. The van der Waals surface area contributed by atoms with Gasteiger partial charge in [0.05, 0.1) is 24.3 Å². The highest BCUT2D eigenvalue weighted by atomic mass is 32.2. The Hall–Kier alpha value is -4.70. The second kappa shape index (κ2) is 12.0. The Labute approximate surface area is 256 Å². The molecule has 0 aromatic carbocycles. The number of urea groups is 1. The van der Waals surface area contributed by atoms with Crippen LogP contribution in [-0.2, 0) is 10.0 Å². The van der Waals surface area contributed by atoms with Crippen LogP contribution in [0.5, 0.6) is 0 Å². The average molecular weight is 642 g/mol. The second-order valence-corrected chi connectivity index (χ2v) is 12.7. The number of H-pyrrole nitrogens is 1. The standard InChI is InChI=1S/C29H30F3N9O3S/c1-19-5-6-21(17-40(19)24-8-11-39(12-9-24)45(43,44)27-7-10-35-38-27)22-14-26-33-16-25(41(26)36-15-22)20-3-2-4-23(13-20)37-28(42)34-18-29(30,31)32/h2-3,5-7,10,13-17,20,24H,1,4,8-9,11-12,18H2,(H,35,38)(H2,34,37,42). The van der Waals surface area contributed by atoms with Crippen molar-refractivity contribution in [2.75, 3.05) is 19.6 Å². The number of aromatic nitrogens is 5. The third-order valence-corrected chi connectivity index (χ3v) is 9.65. The molecule has 0 spiro atoms. The highest BCUT2D eigenvalue weighted by Crippen LogP contribution is 2.31. The number of alkyl halides is 3. The fourth-order valence-corrected chi connectivity index (χ4v) is 6.92. The summed E-state index contributed by atoms with van der Waals surface area (Å²) in [5.41, 5.74) is 4.31. The lowest BCUT2D eigenvalue weighted by atomic mass is 9.98. The van der Waals surface area contributed by atoms with Gasteiger partial charge in [0, 0.05) is 54.6 Å². The van der Waals surface area contributed by atoms with E-state index in [-0.39, 0.29) is 17.0 Å². The summed E-state index contributed by atoms with van der Waals surface area (Å²) in [7, 11) is -3.62. The van der Waals surface area contributed by atoms with E-state index in [1.54, 1.807) is 23.0 Å². The molecule has 0 radical (unpaired) electrons. The third-order valence-electron chi connectivity index (χ3n) is 7.82. The van der Waals surface area contributed by atoms with Gasteiger partial charge in [-0.05, 0) is 36.6 Å². The molecule has 3 aromatic heterocycles. The zero-order chi connectivity index (χ0) is 31.8. The third kappa shape index (κ3) is 6.56. The SMILES string of the molecule is C=C1C=CC(c2cnn3c(C4C=CCC(NC(=O)NCC(F)(F)F)=C4)cnc3c2)=CN1C1CCN(S(=O)(=O)c2ccn[nH]2)CC1. The van der Waals surface area contributed by atoms with Crippen molar-refractivity contribution in [3.8, 4) is 0 Å². The minimum atomic E-state index is -4.50. The Morgan fingerprint density at radius 1 is 1.18 bits per heavy atom. The van der Waals surface area contributed by atoms with Crippen molar-refractivity contribution in [1.82, 2.24) is 44.6 Å². The van der Waals surface area contributed by atoms with Crippen LogP contribution in [0.1, 0.15) is 36.4 Å². The van der Waals surface area contributed by atoms with Gasteiger partial charge < -0.3 is 15.5 Å². The molecule has 3 aromatic rings. The second-order valence-electron chi connectivity index (χ2n) is 10.8. The Bertz CT molecular complexity index is 1830. The van der Waals surface area contributed by atoms with Crippen LogP contribution in [0.3, 0.4) is 0 Å². The van der Waals surface area contributed by atoms with E-state index in [4.69, 9.17) is 0 Å². The van der Waals surface area contributed by atoms with Crippen LogP contribution in [0.15, 0.2) is 90.3 Å². The van der Waals surface area contributed by atoms with Crippen molar-refractivity contribution in [3.63, 3.8) is 0 Å². The lowest BCUT2D eigenvalue weighted by molar-refractivity contribution is -0.122. The minimum absolute atomic E-state index is 0.0589. The van der Waals surface area contributed by atoms with Crippen LogP contribution >= 0.6 is 0 Å². The number of imidazole rings is 1. The van der Waals surface area contributed by atoms with Crippen molar-refractivity contribution in [3.05, 3.63) is 96.5 Å². The van der Waals surface area contributed by atoms with Crippen molar-refractivity contribution in [2.45, 2.75) is 42.4 Å². The summed E-state index contributed by atoms with van der Waals surface area (Å²) in [6, 6.07) is 2.48. The van der Waals surface area contributed by atoms with Gasteiger partial charge in [-0.15, -0.1) is 0 Å². The van der Waals surface area contributed by atoms with E-state index in [9.17, 15) is 26.4 Å². The van der Waals surface area contributed by atoms with Crippen LogP contribution in [0.4, 0.5) is 18.0 Å². The first-order chi connectivity index (χ1) is 21.5. The maximum absolute atomic E-state index is 12.9. The highest BCUT2D eigenvalue weighted by Gasteiger charge is 2.33. The monoisotopic (exact) mass is 641 g/mol. The number of fused-ring (bicyclic) bond motifs is 1. The number of aromatic amines is 1. The zero-order valence-electron chi connectivity index (χ0n) is 23.9. The van der Waals surface area contributed by atoms with Crippen LogP contribution < -0.4 is 10.6 Å². The first-order valence-electron chi connectivity index (χ1n) is 14.2. The fourth-order valence-electron chi connectivity index (χ4n) is 5.55. The van der Waals surface area contributed by atoms with Crippen molar-refractivity contribution >= 4 is 27.3 Å². The van der Waals surface area contributed by atoms with Gasteiger partial charge in [-0.1, -0.05) is 30.9 Å². The van der Waals surface area contributed by atoms with Crippen LogP contribution in [0.2, 0.25) is 0 Å². The van der Waals surface area contributed by atoms with E-state index in [1.807, 2.05) is 41.9 Å². The van der Waals surface area contributed by atoms with Gasteiger partial charge in [-0.2, -0.15) is 27.7 Å². The Kier molecular flexibility index (Phi) is 8.09. The maximum Gasteiger partial charge on any atom is 0.405 e. The summed E-state index contributed by atoms with van der Waals surface area (Å²) in [5, 5.41) is 15.3. The van der Waals surface area contributed by atoms with Gasteiger partial charge in [0.25, 0.3) is 10.0 Å². The maximum atomic E-state index is 12.9. The van der Waals surface area contributed by atoms with Crippen molar-refractivity contribution in [1.29, 1.82) is 0 Å². The molecule has 16 heteroatoms. The molecule has 1 unspecified atom stereocenters. The molecule has 1 atom stereocenters. The quantitative estimate of drug-likeness (QED) is 0.333. The molecule has 236 valence electrons. The highest BCUT2D eigenvalue weighted by molar-refractivity contribution is 7.89. The molecule has 3 N–H and O–H groups in total. The Morgan fingerprint density at radius 2 is 1.98 bits per heavy atom. The molecule has 2 amide bonds. The van der Waals surface area contributed by atoms with Gasteiger partial charge >= 0.3 is 12.2 Å². The topological polar surface area (TPSA) is 141 Å². The number of carbonyl (C=O) groups excluding carboxylic acids is 1. The minimum Gasteiger partial charge on any atom is -0.345 e. The van der Waals surface area contributed by atoms with Gasteiger partial charge in [-0.25, -0.2) is 22.7 Å². The number of sulfonamides is 1. The molecule has 1 fully saturated rings. The van der Waals surface area contributed by atoms with Crippen LogP contribution in [0.25, 0.3) is 11.2 Å². The summed E-state index contributed by atoms with van der Waals surface area (Å²) in [6.07, 6.45) is 13.3. The molecule has 1 aliphatic carbocycles. The van der Waals surface area contributed by atoms with Crippen LogP contribution in [-0.4, -0.2) is 80.3 Å². The average Bonchev–Trinajstić information content (AvgIpc) is 3.71. The Morgan fingerprint density at radius 3 is 2.71 bits per heavy atom. The van der Waals surface area contributed by atoms with Crippen molar-refractivity contribution in [2.24, 2.45) is 0 Å². The van der Waals surface area contributed by atoms with Gasteiger partial charge in [-0.3, -0.25) is 5.10 Å². The predicted octanol–water partition coefficient (Wildman–Crippen LogP) is 3.82. The lowest BCUT2D eigenvalue weighted by Gasteiger charge is -2.39. The number of amides is 2. The van der Waals surface area contributed by atoms with Crippen molar-refractivity contribution < 1.29 is 26.4 Å². The number of halogens is 3. The number of rotatable bonds is 7. The van der Waals surface area contributed by atoms with E-state index in [0.717, 1.165) is 22.5 Å². The van der Waals surface area contributed by atoms with Crippen LogP contribution in [0, 0.1) is 0 Å². The molecular formula is C29H30F3N9O3S. The number of carbonyl (C=O) groups is 1. The van der Waals surface area contributed by atoms with Gasteiger partial charge in [0.2, 0.25) is 0 Å². The smallest absolute Gasteiger partial charge is 0.345 e. The van der Waals surface area contributed by atoms with E-state index in [0.29, 0.717) is 43.7 Å². The summed E-state index contributed by atoms with van der Waals surface area (Å²) in [4.78, 5) is 18.5. The predicted molar refractivity (Wildman–Crippen MR) is 159 cm³/mol. The Balaban J connectivity index is 1.15. The van der Waals surface area contributed by atoms with E-state index < -0.39 is 28.8 Å². The van der Waals surface area contributed by atoms with E-state index >= 15 is 0 Å². The molecule has 0 saturated carbocycles. The van der Waals surface area contributed by atoms with Gasteiger partial charge in [0.1, 0.15) is 6.54 Å². The number of piperidine rings is 1. The normalized spacial score (nSPS) is 19.9. The molecule has 0 bridgehead atoms. The molecule has 1 saturated heterocycles.